The van der Waals surface area contributed by atoms with E-state index in [0.29, 0.717) is 5.41 Å². The zero-order chi connectivity index (χ0) is 12.3. The van der Waals surface area contributed by atoms with Gasteiger partial charge in [-0.15, -0.1) is 0 Å². The number of nitrogen functional groups attached to an aromatic ring is 1. The second-order valence-electron chi connectivity index (χ2n) is 7.12. The molecule has 1 heterocycles. The van der Waals surface area contributed by atoms with Crippen molar-refractivity contribution in [3.63, 3.8) is 0 Å². The first-order valence-electron chi connectivity index (χ1n) is 7.37. The third kappa shape index (κ3) is 1.38. The van der Waals surface area contributed by atoms with Crippen LogP contribution in [-0.4, -0.2) is 4.98 Å². The van der Waals surface area contributed by atoms with Crippen LogP contribution in [0.1, 0.15) is 49.7 Å². The minimum absolute atomic E-state index is 0.409. The Morgan fingerprint density at radius 3 is 2.11 bits per heavy atom. The van der Waals surface area contributed by atoms with Crippen molar-refractivity contribution in [1.29, 1.82) is 0 Å². The topological polar surface area (TPSA) is 38.9 Å². The predicted octanol–water partition coefficient (Wildman–Crippen LogP) is 3.44. The summed E-state index contributed by atoms with van der Waals surface area (Å²) in [4.78, 5) is 4.25. The summed E-state index contributed by atoms with van der Waals surface area (Å²) < 4.78 is 0. The highest BCUT2D eigenvalue weighted by Gasteiger charge is 2.52. The van der Waals surface area contributed by atoms with Crippen molar-refractivity contribution in [1.82, 2.24) is 4.98 Å². The fraction of sp³-hybridized carbons (Fsp3) is 0.688. The van der Waals surface area contributed by atoms with Crippen LogP contribution in [0.4, 0.5) is 5.69 Å². The largest absolute Gasteiger partial charge is 0.397 e. The van der Waals surface area contributed by atoms with Gasteiger partial charge in [-0.05, 0) is 79.7 Å². The van der Waals surface area contributed by atoms with Crippen LogP contribution < -0.4 is 5.73 Å². The molecule has 2 N–H and O–H groups in total. The fourth-order valence-corrected chi connectivity index (χ4v) is 5.73. The summed E-state index contributed by atoms with van der Waals surface area (Å²) in [7, 11) is 0. The summed E-state index contributed by atoms with van der Waals surface area (Å²) >= 11 is 0. The number of pyridine rings is 1. The smallest absolute Gasteiger partial charge is 0.0541 e. The number of anilines is 1. The zero-order valence-electron chi connectivity index (χ0n) is 11.2. The Morgan fingerprint density at radius 2 is 1.61 bits per heavy atom. The van der Waals surface area contributed by atoms with Gasteiger partial charge in [-0.2, -0.15) is 0 Å². The second-order valence-corrected chi connectivity index (χ2v) is 7.12. The lowest BCUT2D eigenvalue weighted by molar-refractivity contribution is -0.00514. The van der Waals surface area contributed by atoms with E-state index in [4.69, 9.17) is 5.73 Å². The van der Waals surface area contributed by atoms with E-state index in [1.165, 1.54) is 49.7 Å². The molecule has 0 aliphatic heterocycles. The Morgan fingerprint density at radius 1 is 1.06 bits per heavy atom. The summed E-state index contributed by atoms with van der Waals surface area (Å²) in [5.74, 6) is 2.93. The van der Waals surface area contributed by atoms with Gasteiger partial charge >= 0.3 is 0 Å². The van der Waals surface area contributed by atoms with Gasteiger partial charge in [0.25, 0.3) is 0 Å². The number of hydrogen-bond acceptors (Lipinski definition) is 2. The molecule has 0 saturated heterocycles. The van der Waals surface area contributed by atoms with E-state index in [1.54, 1.807) is 0 Å². The second kappa shape index (κ2) is 3.49. The van der Waals surface area contributed by atoms with Gasteiger partial charge in [0, 0.05) is 6.20 Å². The molecule has 4 bridgehead atoms. The molecule has 2 heteroatoms. The van der Waals surface area contributed by atoms with E-state index in [0.717, 1.165) is 23.4 Å². The third-order valence-electron chi connectivity index (χ3n) is 5.73. The molecule has 2 nitrogen and oxygen atoms in total. The van der Waals surface area contributed by atoms with Gasteiger partial charge in [-0.25, -0.2) is 0 Å². The Bertz CT molecular complexity index is 436. The average molecular weight is 242 g/mol. The molecule has 1 aromatic heterocycles. The van der Waals surface area contributed by atoms with E-state index < -0.39 is 0 Å². The summed E-state index contributed by atoms with van der Waals surface area (Å²) in [6.07, 6.45) is 12.5. The lowest BCUT2D eigenvalue weighted by atomic mass is 9.47. The maximum absolute atomic E-state index is 6.28. The van der Waals surface area contributed by atoms with Crippen molar-refractivity contribution in [2.75, 3.05) is 5.73 Å². The normalized spacial score (nSPS) is 41.3. The summed E-state index contributed by atoms with van der Waals surface area (Å²) in [6, 6.07) is 0. The molecule has 4 saturated carbocycles. The van der Waals surface area contributed by atoms with E-state index in [-0.39, 0.29) is 0 Å². The molecule has 5 rings (SSSR count). The van der Waals surface area contributed by atoms with E-state index in [9.17, 15) is 0 Å². The van der Waals surface area contributed by atoms with Gasteiger partial charge in [0.15, 0.2) is 0 Å². The summed E-state index contributed by atoms with van der Waals surface area (Å²) in [5, 5.41) is 0. The minimum Gasteiger partial charge on any atom is -0.397 e. The molecule has 0 atom stereocenters. The van der Waals surface area contributed by atoms with Crippen LogP contribution in [0.5, 0.6) is 0 Å². The lowest BCUT2D eigenvalue weighted by Crippen LogP contribution is -2.49. The Kier molecular flexibility index (Phi) is 2.10. The maximum Gasteiger partial charge on any atom is 0.0541 e. The van der Waals surface area contributed by atoms with Gasteiger partial charge < -0.3 is 5.73 Å². The standard InChI is InChI=1S/C16H22N2/c1-10-8-18-9-14(17)15(10)16-5-11-2-12(6-16)4-13(3-11)7-16/h8-9,11-13H,2-7,17H2,1H3. The molecular weight excluding hydrogens is 220 g/mol. The lowest BCUT2D eigenvalue weighted by Gasteiger charge is -2.57. The van der Waals surface area contributed by atoms with Crippen LogP contribution >= 0.6 is 0 Å². The van der Waals surface area contributed by atoms with E-state index in [2.05, 4.69) is 11.9 Å². The Balaban J connectivity index is 1.84. The Labute approximate surface area is 109 Å². The quantitative estimate of drug-likeness (QED) is 0.819. The highest BCUT2D eigenvalue weighted by molar-refractivity contribution is 5.53. The summed E-state index contributed by atoms with van der Waals surface area (Å²) in [5.41, 5.74) is 10.4. The number of hydrogen-bond donors (Lipinski definition) is 1. The van der Waals surface area contributed by atoms with E-state index in [1.807, 2.05) is 12.4 Å². The number of nitrogens with zero attached hydrogens (tertiary/aromatic N) is 1. The minimum atomic E-state index is 0.409. The molecule has 4 fully saturated rings. The first kappa shape index (κ1) is 10.8. The third-order valence-corrected chi connectivity index (χ3v) is 5.73. The first-order valence-corrected chi connectivity index (χ1v) is 7.37. The maximum atomic E-state index is 6.28. The Hall–Kier alpha value is -1.05. The van der Waals surface area contributed by atoms with Crippen LogP contribution in [0.2, 0.25) is 0 Å². The molecule has 1 aromatic rings. The van der Waals surface area contributed by atoms with Crippen LogP contribution in [-0.2, 0) is 5.41 Å². The van der Waals surface area contributed by atoms with Gasteiger partial charge in [-0.1, -0.05) is 0 Å². The molecular formula is C16H22N2. The predicted molar refractivity (Wildman–Crippen MR) is 73.2 cm³/mol. The van der Waals surface area contributed by atoms with Crippen LogP contribution in [0.15, 0.2) is 12.4 Å². The van der Waals surface area contributed by atoms with E-state index >= 15 is 0 Å². The van der Waals surface area contributed by atoms with Crippen molar-refractivity contribution in [3.05, 3.63) is 23.5 Å². The number of nitrogens with two attached hydrogens (primary N) is 1. The van der Waals surface area contributed by atoms with Crippen LogP contribution in [0, 0.1) is 24.7 Å². The fourth-order valence-electron chi connectivity index (χ4n) is 5.73. The molecule has 0 amide bonds. The molecule has 0 aromatic carbocycles. The molecule has 4 aliphatic rings. The van der Waals surface area contributed by atoms with Crippen LogP contribution in [0.25, 0.3) is 0 Å². The van der Waals surface area contributed by atoms with Crippen molar-refractivity contribution >= 4 is 5.69 Å². The van der Waals surface area contributed by atoms with Crippen molar-refractivity contribution in [2.45, 2.75) is 50.9 Å². The van der Waals surface area contributed by atoms with Crippen LogP contribution in [0.3, 0.4) is 0 Å². The summed E-state index contributed by atoms with van der Waals surface area (Å²) in [6.45, 7) is 2.19. The number of aromatic nitrogens is 1. The van der Waals surface area contributed by atoms with Crippen molar-refractivity contribution in [2.24, 2.45) is 17.8 Å². The molecule has 96 valence electrons. The molecule has 0 unspecified atom stereocenters. The van der Waals surface area contributed by atoms with Gasteiger partial charge in [0.2, 0.25) is 0 Å². The highest BCUT2D eigenvalue weighted by atomic mass is 14.7. The van der Waals surface area contributed by atoms with Crippen molar-refractivity contribution < 1.29 is 0 Å². The monoisotopic (exact) mass is 242 g/mol. The SMILES string of the molecule is Cc1cncc(N)c1C12CC3CC(CC(C3)C1)C2. The number of aryl methyl sites for hydroxylation is 1. The first-order chi connectivity index (χ1) is 8.66. The van der Waals surface area contributed by atoms with Crippen molar-refractivity contribution in [3.8, 4) is 0 Å². The molecule has 18 heavy (non-hydrogen) atoms. The molecule has 0 spiro atoms. The molecule has 4 aliphatic carbocycles. The average Bonchev–Trinajstić information content (AvgIpc) is 2.26. The van der Waals surface area contributed by atoms with Gasteiger partial charge in [-0.3, -0.25) is 4.98 Å². The number of rotatable bonds is 1. The zero-order valence-corrected chi connectivity index (χ0v) is 11.2. The van der Waals surface area contributed by atoms with Gasteiger partial charge in [0.05, 0.1) is 11.9 Å². The van der Waals surface area contributed by atoms with Gasteiger partial charge in [0.1, 0.15) is 0 Å². The highest BCUT2D eigenvalue weighted by Crippen LogP contribution is 2.61. The molecule has 0 radical (unpaired) electrons.